The summed E-state index contributed by atoms with van der Waals surface area (Å²) in [7, 11) is 0. The minimum atomic E-state index is -1.07. The lowest BCUT2D eigenvalue weighted by atomic mass is 9.99. The molecule has 7 nitrogen and oxygen atoms in total. The fourth-order valence-electron chi connectivity index (χ4n) is 4.58. The number of amides is 3. The number of para-hydroxylation sites is 1. The van der Waals surface area contributed by atoms with Gasteiger partial charge in [-0.15, -0.1) is 0 Å². The van der Waals surface area contributed by atoms with Crippen LogP contribution in [-0.4, -0.2) is 42.6 Å². The van der Waals surface area contributed by atoms with Gasteiger partial charge in [-0.1, -0.05) is 29.8 Å². The number of nitrogens with one attached hydrogen (secondary N) is 2. The Bertz CT molecular complexity index is 1330. The van der Waals surface area contributed by atoms with Crippen LogP contribution >= 0.6 is 11.6 Å². The monoisotopic (exact) mass is 545 g/mol. The number of hydrogen-bond acceptors (Lipinski definition) is 4. The zero-order valence-electron chi connectivity index (χ0n) is 20.9. The number of benzene rings is 2. The van der Waals surface area contributed by atoms with Gasteiger partial charge in [0, 0.05) is 37.1 Å². The average Bonchev–Trinajstić information content (AvgIpc) is 2.88. The summed E-state index contributed by atoms with van der Waals surface area (Å²) in [5.41, 5.74) is 1.39. The van der Waals surface area contributed by atoms with E-state index in [4.69, 9.17) is 11.6 Å². The molecule has 3 amide bonds. The number of rotatable bonds is 7. The van der Waals surface area contributed by atoms with Crippen molar-refractivity contribution in [2.45, 2.75) is 32.7 Å². The van der Waals surface area contributed by atoms with E-state index in [9.17, 15) is 14.0 Å². The highest BCUT2D eigenvalue weighted by Crippen LogP contribution is 2.36. The SMILES string of the molecule is CCN(CC)c1ccccc1-c1cc(F)c(N2CCCC(NC(=O)Nc3ncc(Cl)cc3F)C2=O)c(F)c1. The number of aromatic nitrogens is 1. The van der Waals surface area contributed by atoms with Crippen LogP contribution in [-0.2, 0) is 4.79 Å². The largest absolute Gasteiger partial charge is 0.372 e. The summed E-state index contributed by atoms with van der Waals surface area (Å²) in [6, 6.07) is 8.81. The molecule has 1 aliphatic heterocycles. The lowest BCUT2D eigenvalue weighted by Gasteiger charge is -2.33. The van der Waals surface area contributed by atoms with Crippen LogP contribution in [0, 0.1) is 17.5 Å². The fraction of sp³-hybridized carbons (Fsp3) is 0.296. The lowest BCUT2D eigenvalue weighted by Crippen LogP contribution is -2.53. The van der Waals surface area contributed by atoms with Crippen LogP contribution < -0.4 is 20.4 Å². The maximum atomic E-state index is 15.4. The number of piperidine rings is 1. The van der Waals surface area contributed by atoms with Gasteiger partial charge in [0.2, 0.25) is 5.91 Å². The number of hydrogen-bond donors (Lipinski definition) is 2. The van der Waals surface area contributed by atoms with Crippen molar-refractivity contribution >= 4 is 40.7 Å². The van der Waals surface area contributed by atoms with E-state index < -0.39 is 41.1 Å². The summed E-state index contributed by atoms with van der Waals surface area (Å²) < 4.78 is 44.7. The third-order valence-corrected chi connectivity index (χ3v) is 6.60. The number of halogens is 4. The summed E-state index contributed by atoms with van der Waals surface area (Å²) in [6.45, 7) is 5.53. The average molecular weight is 546 g/mol. The summed E-state index contributed by atoms with van der Waals surface area (Å²) in [5, 5.41) is 4.70. The smallest absolute Gasteiger partial charge is 0.321 e. The standard InChI is InChI=1S/C27H27ClF3N5O2/c1-3-35(4-2)23-10-6-5-8-18(23)16-12-19(29)24(20(30)13-16)36-11-7-9-22(26(36)37)33-27(38)34-25-21(31)14-17(28)15-32-25/h5-6,8,10,12-15,22H,3-4,7,9,11H2,1-2H3,(H2,32,33,34,38). The van der Waals surface area contributed by atoms with E-state index in [-0.39, 0.29) is 23.8 Å². The maximum absolute atomic E-state index is 15.4. The Morgan fingerprint density at radius 2 is 1.79 bits per heavy atom. The highest BCUT2D eigenvalue weighted by molar-refractivity contribution is 6.30. The van der Waals surface area contributed by atoms with Gasteiger partial charge in [-0.25, -0.2) is 22.9 Å². The second-order valence-electron chi connectivity index (χ2n) is 8.75. The predicted molar refractivity (Wildman–Crippen MR) is 142 cm³/mol. The van der Waals surface area contributed by atoms with Gasteiger partial charge in [0.05, 0.1) is 5.02 Å². The van der Waals surface area contributed by atoms with Gasteiger partial charge in [-0.2, -0.15) is 0 Å². The molecule has 200 valence electrons. The first-order valence-corrected chi connectivity index (χ1v) is 12.6. The van der Waals surface area contributed by atoms with E-state index in [1.165, 1.54) is 12.1 Å². The Balaban J connectivity index is 1.55. The molecule has 38 heavy (non-hydrogen) atoms. The second-order valence-corrected chi connectivity index (χ2v) is 9.18. The summed E-state index contributed by atoms with van der Waals surface area (Å²) in [4.78, 5) is 32.3. The normalized spacial score (nSPS) is 15.4. The molecule has 4 rings (SSSR count). The van der Waals surface area contributed by atoms with E-state index >= 15 is 8.78 Å². The summed E-state index contributed by atoms with van der Waals surface area (Å²) in [6.07, 6.45) is 1.79. The van der Waals surface area contributed by atoms with Crippen LogP contribution in [0.25, 0.3) is 11.1 Å². The molecule has 0 bridgehead atoms. The van der Waals surface area contributed by atoms with E-state index in [2.05, 4.69) is 20.5 Å². The van der Waals surface area contributed by atoms with E-state index in [1.54, 1.807) is 12.1 Å². The van der Waals surface area contributed by atoms with Crippen molar-refractivity contribution in [3.05, 3.63) is 71.1 Å². The van der Waals surface area contributed by atoms with Crippen molar-refractivity contribution in [2.75, 3.05) is 34.8 Å². The number of nitrogens with zero attached hydrogens (tertiary/aromatic N) is 3. The van der Waals surface area contributed by atoms with Crippen molar-refractivity contribution in [3.63, 3.8) is 0 Å². The van der Waals surface area contributed by atoms with Gasteiger partial charge in [0.25, 0.3) is 0 Å². The Kier molecular flexibility index (Phi) is 8.41. The van der Waals surface area contributed by atoms with E-state index in [0.717, 1.165) is 35.9 Å². The molecule has 11 heteroatoms. The van der Waals surface area contributed by atoms with Gasteiger partial charge >= 0.3 is 6.03 Å². The van der Waals surface area contributed by atoms with Crippen LogP contribution in [0.3, 0.4) is 0 Å². The van der Waals surface area contributed by atoms with Crippen molar-refractivity contribution < 1.29 is 22.8 Å². The predicted octanol–water partition coefficient (Wildman–Crippen LogP) is 5.98. The van der Waals surface area contributed by atoms with Crippen molar-refractivity contribution in [2.24, 2.45) is 0 Å². The molecule has 0 radical (unpaired) electrons. The van der Waals surface area contributed by atoms with Gasteiger partial charge in [0.15, 0.2) is 23.3 Å². The van der Waals surface area contributed by atoms with Crippen molar-refractivity contribution in [3.8, 4) is 11.1 Å². The molecular formula is C27H27ClF3N5O2. The molecule has 3 aromatic rings. The minimum absolute atomic E-state index is 0.0539. The molecule has 1 aromatic heterocycles. The molecule has 1 atom stereocenters. The Morgan fingerprint density at radius 1 is 1.11 bits per heavy atom. The summed E-state index contributed by atoms with van der Waals surface area (Å²) >= 11 is 5.66. The Labute approximate surface area is 223 Å². The molecule has 1 saturated heterocycles. The van der Waals surface area contributed by atoms with Crippen LogP contribution in [0.15, 0.2) is 48.7 Å². The number of carbonyl (C=O) groups is 2. The Hall–Kier alpha value is -3.79. The first kappa shape index (κ1) is 27.3. The van der Waals surface area contributed by atoms with Gasteiger partial charge < -0.3 is 15.1 Å². The van der Waals surface area contributed by atoms with E-state index in [0.29, 0.717) is 17.5 Å². The van der Waals surface area contributed by atoms with Crippen molar-refractivity contribution in [1.82, 2.24) is 10.3 Å². The molecule has 2 aromatic carbocycles. The molecule has 2 N–H and O–H groups in total. The first-order valence-electron chi connectivity index (χ1n) is 12.3. The van der Waals surface area contributed by atoms with Gasteiger partial charge in [0.1, 0.15) is 11.7 Å². The molecule has 1 unspecified atom stereocenters. The maximum Gasteiger partial charge on any atom is 0.321 e. The van der Waals surface area contributed by atoms with Gasteiger partial charge in [-0.3, -0.25) is 10.1 Å². The molecule has 0 saturated carbocycles. The minimum Gasteiger partial charge on any atom is -0.372 e. The van der Waals surface area contributed by atoms with Gasteiger partial charge in [-0.05, 0) is 56.5 Å². The molecular weight excluding hydrogens is 519 g/mol. The van der Waals surface area contributed by atoms with Crippen LogP contribution in [0.4, 0.5) is 35.2 Å². The number of pyridine rings is 1. The van der Waals surface area contributed by atoms with Crippen molar-refractivity contribution in [1.29, 1.82) is 0 Å². The molecule has 2 heterocycles. The zero-order chi connectivity index (χ0) is 27.4. The third-order valence-electron chi connectivity index (χ3n) is 6.39. The molecule has 0 spiro atoms. The quantitative estimate of drug-likeness (QED) is 0.383. The first-order chi connectivity index (χ1) is 18.2. The highest BCUT2D eigenvalue weighted by Gasteiger charge is 2.34. The number of carbonyl (C=O) groups excluding carboxylic acids is 2. The number of urea groups is 1. The van der Waals surface area contributed by atoms with Crippen LogP contribution in [0.2, 0.25) is 5.02 Å². The second kappa shape index (κ2) is 11.7. The number of anilines is 3. The highest BCUT2D eigenvalue weighted by atomic mass is 35.5. The summed E-state index contributed by atoms with van der Waals surface area (Å²) in [5.74, 6) is -3.67. The Morgan fingerprint density at radius 3 is 2.45 bits per heavy atom. The van der Waals surface area contributed by atoms with Crippen LogP contribution in [0.5, 0.6) is 0 Å². The lowest BCUT2D eigenvalue weighted by molar-refractivity contribution is -0.121. The third kappa shape index (κ3) is 5.70. The van der Waals surface area contributed by atoms with E-state index in [1.807, 2.05) is 26.0 Å². The molecule has 1 aliphatic rings. The topological polar surface area (TPSA) is 77.6 Å². The zero-order valence-corrected chi connectivity index (χ0v) is 21.7. The van der Waals surface area contributed by atoms with Crippen LogP contribution in [0.1, 0.15) is 26.7 Å². The fourth-order valence-corrected chi connectivity index (χ4v) is 4.72. The molecule has 1 fully saturated rings. The molecule has 0 aliphatic carbocycles.